The zero-order valence-corrected chi connectivity index (χ0v) is 15.8. The minimum Gasteiger partial charge on any atom is -0.497 e. The van der Waals surface area contributed by atoms with Crippen molar-refractivity contribution in [3.63, 3.8) is 0 Å². The molecule has 0 spiro atoms. The van der Waals surface area contributed by atoms with E-state index < -0.39 is 0 Å². The van der Waals surface area contributed by atoms with Crippen LogP contribution in [-0.4, -0.2) is 18.0 Å². The Morgan fingerprint density at radius 1 is 1.24 bits per heavy atom. The molecule has 0 aliphatic heterocycles. The van der Waals surface area contributed by atoms with E-state index in [2.05, 4.69) is 22.6 Å². The second-order valence-corrected chi connectivity index (χ2v) is 7.27. The Balaban J connectivity index is 1.62. The quantitative estimate of drug-likeness (QED) is 0.654. The number of hydrogen-bond donors (Lipinski definition) is 1. The van der Waals surface area contributed by atoms with Gasteiger partial charge in [-0.3, -0.25) is 4.79 Å². The highest BCUT2D eigenvalue weighted by molar-refractivity contribution is 7.14. The molecule has 130 valence electrons. The Labute approximate surface area is 155 Å². The lowest BCUT2D eigenvalue weighted by Crippen LogP contribution is -2.29. The van der Waals surface area contributed by atoms with Crippen LogP contribution in [-0.2, 0) is 11.2 Å². The highest BCUT2D eigenvalue weighted by Crippen LogP contribution is 2.26. The average Bonchev–Trinajstić information content (AvgIpc) is 3.31. The summed E-state index contributed by atoms with van der Waals surface area (Å²) >= 11 is 3.22. The van der Waals surface area contributed by atoms with E-state index in [9.17, 15) is 4.79 Å². The van der Waals surface area contributed by atoms with Crippen molar-refractivity contribution in [1.29, 1.82) is 0 Å². The lowest BCUT2D eigenvalue weighted by Gasteiger charge is -2.17. The molecule has 25 heavy (non-hydrogen) atoms. The van der Waals surface area contributed by atoms with E-state index in [1.165, 1.54) is 0 Å². The first kappa shape index (κ1) is 17.6. The summed E-state index contributed by atoms with van der Waals surface area (Å²) in [6, 6.07) is 9.85. The minimum absolute atomic E-state index is 0.00612. The number of carbonyl (C=O) groups excluding carboxylic acids is 1. The summed E-state index contributed by atoms with van der Waals surface area (Å²) in [6.07, 6.45) is 1.13. The number of methoxy groups -OCH3 is 1. The second-order valence-electron chi connectivity index (χ2n) is 5.63. The highest BCUT2D eigenvalue weighted by atomic mass is 32.1. The van der Waals surface area contributed by atoms with Crippen LogP contribution in [0.4, 0.5) is 0 Å². The molecule has 1 unspecified atom stereocenters. The summed E-state index contributed by atoms with van der Waals surface area (Å²) in [5.74, 6) is 0.804. The van der Waals surface area contributed by atoms with Crippen molar-refractivity contribution in [2.45, 2.75) is 25.8 Å². The van der Waals surface area contributed by atoms with Gasteiger partial charge in [-0.15, -0.1) is 11.3 Å². The molecule has 2 heterocycles. The number of thiophene rings is 1. The van der Waals surface area contributed by atoms with Gasteiger partial charge < -0.3 is 10.1 Å². The normalized spacial score (nSPS) is 11.9. The van der Waals surface area contributed by atoms with Gasteiger partial charge in [-0.25, -0.2) is 4.98 Å². The molecule has 2 aromatic heterocycles. The molecule has 6 heteroatoms. The van der Waals surface area contributed by atoms with Crippen molar-refractivity contribution in [3.05, 3.63) is 57.7 Å². The number of rotatable bonds is 7. The first-order valence-electron chi connectivity index (χ1n) is 8.10. The molecule has 0 aliphatic carbocycles. The van der Waals surface area contributed by atoms with E-state index in [-0.39, 0.29) is 11.9 Å². The van der Waals surface area contributed by atoms with Crippen molar-refractivity contribution in [2.75, 3.05) is 7.11 Å². The molecule has 3 aromatic rings. The maximum absolute atomic E-state index is 12.4. The highest BCUT2D eigenvalue weighted by Gasteiger charge is 2.15. The molecular weight excluding hydrogens is 352 g/mol. The van der Waals surface area contributed by atoms with E-state index in [1.54, 1.807) is 29.8 Å². The van der Waals surface area contributed by atoms with Crippen LogP contribution in [0.1, 0.15) is 30.6 Å². The minimum atomic E-state index is -0.00941. The zero-order valence-electron chi connectivity index (χ0n) is 14.2. The van der Waals surface area contributed by atoms with Crippen molar-refractivity contribution in [3.8, 4) is 16.3 Å². The Morgan fingerprint density at radius 2 is 2.04 bits per heavy atom. The molecule has 0 fully saturated rings. The third-order valence-corrected chi connectivity index (χ3v) is 5.55. The van der Waals surface area contributed by atoms with Crippen LogP contribution in [0.3, 0.4) is 0 Å². The maximum atomic E-state index is 12.4. The lowest BCUT2D eigenvalue weighted by atomic mass is 10.0. The van der Waals surface area contributed by atoms with Gasteiger partial charge in [0.15, 0.2) is 0 Å². The van der Waals surface area contributed by atoms with Crippen molar-refractivity contribution < 1.29 is 9.53 Å². The molecule has 0 saturated heterocycles. The van der Waals surface area contributed by atoms with Gasteiger partial charge in [-0.05, 0) is 35.6 Å². The maximum Gasteiger partial charge on any atom is 0.226 e. The molecule has 1 atom stereocenters. The number of amides is 1. The van der Waals surface area contributed by atoms with Gasteiger partial charge in [0.05, 0.1) is 25.3 Å². The molecule has 1 aromatic carbocycles. The van der Waals surface area contributed by atoms with E-state index >= 15 is 0 Å². The number of thiazole rings is 1. The van der Waals surface area contributed by atoms with Crippen LogP contribution in [0.25, 0.3) is 10.6 Å². The summed E-state index contributed by atoms with van der Waals surface area (Å²) in [6.45, 7) is 2.06. The first-order chi connectivity index (χ1) is 12.2. The summed E-state index contributed by atoms with van der Waals surface area (Å²) in [4.78, 5) is 17.0. The Kier molecular flexibility index (Phi) is 5.83. The molecule has 1 N–H and O–H groups in total. The fourth-order valence-electron chi connectivity index (χ4n) is 2.57. The summed E-state index contributed by atoms with van der Waals surface area (Å²) in [7, 11) is 1.65. The van der Waals surface area contributed by atoms with Crippen molar-refractivity contribution >= 4 is 28.6 Å². The van der Waals surface area contributed by atoms with Gasteiger partial charge in [0.1, 0.15) is 10.8 Å². The van der Waals surface area contributed by atoms with Crippen LogP contribution in [0.5, 0.6) is 5.75 Å². The summed E-state index contributed by atoms with van der Waals surface area (Å²) in [5.41, 5.74) is 3.01. The second kappa shape index (κ2) is 8.27. The Hall–Kier alpha value is -2.18. The Morgan fingerprint density at radius 3 is 2.68 bits per heavy atom. The van der Waals surface area contributed by atoms with E-state index in [0.29, 0.717) is 6.42 Å². The Bertz CT molecular complexity index is 810. The van der Waals surface area contributed by atoms with Crippen molar-refractivity contribution in [1.82, 2.24) is 10.3 Å². The average molecular weight is 373 g/mol. The molecule has 3 rings (SSSR count). The third kappa shape index (κ3) is 4.46. The van der Waals surface area contributed by atoms with Gasteiger partial charge in [-0.1, -0.05) is 19.1 Å². The smallest absolute Gasteiger partial charge is 0.226 e. The number of carbonyl (C=O) groups is 1. The summed E-state index contributed by atoms with van der Waals surface area (Å²) in [5, 5.41) is 10.1. The number of hydrogen-bond acceptors (Lipinski definition) is 5. The molecule has 0 radical (unpaired) electrons. The van der Waals surface area contributed by atoms with E-state index in [1.807, 2.05) is 41.1 Å². The van der Waals surface area contributed by atoms with Gasteiger partial charge in [0, 0.05) is 16.3 Å². The lowest BCUT2D eigenvalue weighted by molar-refractivity contribution is -0.121. The van der Waals surface area contributed by atoms with Gasteiger partial charge in [-0.2, -0.15) is 11.3 Å². The van der Waals surface area contributed by atoms with Gasteiger partial charge in [0.25, 0.3) is 0 Å². The van der Waals surface area contributed by atoms with Crippen LogP contribution in [0, 0.1) is 0 Å². The predicted octanol–water partition coefficient (Wildman–Crippen LogP) is 4.69. The largest absolute Gasteiger partial charge is 0.497 e. The SMILES string of the molecule is CCC(NC(=O)Cc1csc(-c2ccsc2)n1)c1ccc(OC)cc1. The van der Waals surface area contributed by atoms with Crippen molar-refractivity contribution in [2.24, 2.45) is 0 Å². The fourth-order valence-corrected chi connectivity index (χ4v) is 4.11. The number of benzene rings is 1. The number of nitrogens with one attached hydrogen (secondary N) is 1. The molecule has 1 amide bonds. The molecule has 0 bridgehead atoms. The standard InChI is InChI=1S/C19H20N2O2S2/c1-3-17(13-4-6-16(23-2)7-5-13)21-18(22)10-15-12-25-19(20-15)14-8-9-24-11-14/h4-9,11-12,17H,3,10H2,1-2H3,(H,21,22). The summed E-state index contributed by atoms with van der Waals surface area (Å²) < 4.78 is 5.18. The van der Waals surface area contributed by atoms with E-state index in [0.717, 1.165) is 34.0 Å². The molecule has 4 nitrogen and oxygen atoms in total. The number of aromatic nitrogens is 1. The fraction of sp³-hybridized carbons (Fsp3) is 0.263. The third-order valence-electron chi connectivity index (χ3n) is 3.92. The van der Waals surface area contributed by atoms with Crippen LogP contribution in [0.2, 0.25) is 0 Å². The van der Waals surface area contributed by atoms with Crippen LogP contribution in [0.15, 0.2) is 46.5 Å². The number of nitrogens with zero attached hydrogens (tertiary/aromatic N) is 1. The van der Waals surface area contributed by atoms with Gasteiger partial charge in [0.2, 0.25) is 5.91 Å². The molecule has 0 aliphatic rings. The van der Waals surface area contributed by atoms with E-state index in [4.69, 9.17) is 4.74 Å². The van der Waals surface area contributed by atoms with Crippen LogP contribution >= 0.6 is 22.7 Å². The molecular formula is C19H20N2O2S2. The molecule has 0 saturated carbocycles. The zero-order chi connectivity index (χ0) is 17.6. The number of ether oxygens (including phenoxy) is 1. The predicted molar refractivity (Wildman–Crippen MR) is 103 cm³/mol. The van der Waals surface area contributed by atoms with Gasteiger partial charge >= 0.3 is 0 Å². The topological polar surface area (TPSA) is 51.2 Å². The first-order valence-corrected chi connectivity index (χ1v) is 9.92. The van der Waals surface area contributed by atoms with Crippen LogP contribution < -0.4 is 10.1 Å². The monoisotopic (exact) mass is 372 g/mol.